The molecule has 3 aromatic carbocycles. The first-order valence-corrected chi connectivity index (χ1v) is 10.0. The molecule has 4 rings (SSSR count). The van der Waals surface area contributed by atoms with Crippen LogP contribution in [0.5, 0.6) is 0 Å². The molecule has 3 aromatic rings. The zero-order valence-corrected chi connectivity index (χ0v) is 17.3. The van der Waals surface area contributed by atoms with Crippen molar-refractivity contribution in [2.75, 3.05) is 11.9 Å². The second-order valence-electron chi connectivity index (χ2n) is 7.15. The van der Waals surface area contributed by atoms with Crippen molar-refractivity contribution in [2.45, 2.75) is 6.42 Å². The van der Waals surface area contributed by atoms with Crippen LogP contribution >= 0.6 is 11.6 Å². The van der Waals surface area contributed by atoms with Crippen molar-refractivity contribution in [1.29, 1.82) is 0 Å². The van der Waals surface area contributed by atoms with Crippen LogP contribution in [0.1, 0.15) is 11.1 Å². The maximum Gasteiger partial charge on any atom is 0.278 e. The number of benzene rings is 3. The number of hydrogen-bond acceptors (Lipinski definition) is 3. The van der Waals surface area contributed by atoms with Crippen LogP contribution in [0.25, 0.3) is 5.57 Å². The van der Waals surface area contributed by atoms with E-state index in [1.165, 1.54) is 18.2 Å². The smallest absolute Gasteiger partial charge is 0.278 e. The predicted molar refractivity (Wildman–Crippen MR) is 115 cm³/mol. The van der Waals surface area contributed by atoms with E-state index in [1.807, 2.05) is 0 Å². The summed E-state index contributed by atoms with van der Waals surface area (Å²) >= 11 is 5.94. The monoisotopic (exact) mass is 456 g/mol. The Morgan fingerprint density at radius 2 is 1.50 bits per heavy atom. The first kappa shape index (κ1) is 21.6. The summed E-state index contributed by atoms with van der Waals surface area (Å²) in [5.74, 6) is -3.64. The van der Waals surface area contributed by atoms with Crippen LogP contribution in [-0.2, 0) is 16.0 Å². The Morgan fingerprint density at radius 3 is 2.16 bits per heavy atom. The molecule has 32 heavy (non-hydrogen) atoms. The standard InChI is InChI=1S/C24H16ClF3N2O2/c25-16-5-3-15(4-6-16)21-22(29-18-9-10-19(27)20(28)13-18)24(32)30(23(21)31)12-11-14-1-7-17(26)8-2-14/h1-10,13,29H,11-12H2. The molecule has 0 aliphatic carbocycles. The molecule has 162 valence electrons. The van der Waals surface area contributed by atoms with E-state index in [0.29, 0.717) is 17.0 Å². The summed E-state index contributed by atoms with van der Waals surface area (Å²) in [4.78, 5) is 27.4. The van der Waals surface area contributed by atoms with Gasteiger partial charge in [0.15, 0.2) is 11.6 Å². The third-order valence-corrected chi connectivity index (χ3v) is 5.28. The van der Waals surface area contributed by atoms with Gasteiger partial charge in [-0.3, -0.25) is 14.5 Å². The van der Waals surface area contributed by atoms with Gasteiger partial charge in [-0.1, -0.05) is 35.9 Å². The molecule has 0 bridgehead atoms. The van der Waals surface area contributed by atoms with Gasteiger partial charge in [0.05, 0.1) is 5.57 Å². The van der Waals surface area contributed by atoms with Crippen molar-refractivity contribution in [3.8, 4) is 0 Å². The van der Waals surface area contributed by atoms with Crippen molar-refractivity contribution in [1.82, 2.24) is 4.90 Å². The number of halogens is 4. The zero-order chi connectivity index (χ0) is 22.8. The van der Waals surface area contributed by atoms with E-state index >= 15 is 0 Å². The van der Waals surface area contributed by atoms with Crippen LogP contribution in [0.15, 0.2) is 72.4 Å². The van der Waals surface area contributed by atoms with Gasteiger partial charge in [-0.2, -0.15) is 0 Å². The van der Waals surface area contributed by atoms with Gasteiger partial charge < -0.3 is 5.32 Å². The summed E-state index contributed by atoms with van der Waals surface area (Å²) in [6, 6.07) is 15.2. The van der Waals surface area contributed by atoms with Gasteiger partial charge in [-0.25, -0.2) is 13.2 Å². The highest BCUT2D eigenvalue weighted by Crippen LogP contribution is 2.31. The van der Waals surface area contributed by atoms with E-state index in [2.05, 4.69) is 5.32 Å². The Kier molecular flexibility index (Phi) is 6.01. The first-order chi connectivity index (χ1) is 15.3. The van der Waals surface area contributed by atoms with E-state index in [0.717, 1.165) is 22.6 Å². The van der Waals surface area contributed by atoms with Crippen molar-refractivity contribution in [3.63, 3.8) is 0 Å². The topological polar surface area (TPSA) is 49.4 Å². The molecule has 0 saturated heterocycles. The van der Waals surface area contributed by atoms with Gasteiger partial charge in [0.25, 0.3) is 11.8 Å². The Morgan fingerprint density at radius 1 is 0.812 bits per heavy atom. The minimum absolute atomic E-state index is 0.0533. The van der Waals surface area contributed by atoms with Gasteiger partial charge in [0, 0.05) is 23.3 Å². The average Bonchev–Trinajstić information content (AvgIpc) is 3.00. The lowest BCUT2D eigenvalue weighted by Crippen LogP contribution is -2.34. The molecule has 0 spiro atoms. The predicted octanol–water partition coefficient (Wildman–Crippen LogP) is 5.19. The Bertz CT molecular complexity index is 1220. The van der Waals surface area contributed by atoms with E-state index < -0.39 is 23.4 Å². The third-order valence-electron chi connectivity index (χ3n) is 5.03. The molecular weight excluding hydrogens is 441 g/mol. The van der Waals surface area contributed by atoms with Crippen LogP contribution in [0.3, 0.4) is 0 Å². The summed E-state index contributed by atoms with van der Waals surface area (Å²) in [5, 5.41) is 3.22. The summed E-state index contributed by atoms with van der Waals surface area (Å²) in [5.41, 5.74) is 1.36. The fourth-order valence-electron chi connectivity index (χ4n) is 3.39. The highest BCUT2D eigenvalue weighted by atomic mass is 35.5. The van der Waals surface area contributed by atoms with Crippen LogP contribution in [0.4, 0.5) is 18.9 Å². The molecule has 4 nitrogen and oxygen atoms in total. The maximum absolute atomic E-state index is 13.7. The van der Waals surface area contributed by atoms with E-state index in [4.69, 9.17) is 11.6 Å². The van der Waals surface area contributed by atoms with Crippen molar-refractivity contribution in [3.05, 3.63) is 106 Å². The zero-order valence-electron chi connectivity index (χ0n) is 16.5. The third kappa shape index (κ3) is 4.38. The average molecular weight is 457 g/mol. The summed E-state index contributed by atoms with van der Waals surface area (Å²) in [7, 11) is 0. The molecule has 0 atom stereocenters. The number of nitrogens with zero attached hydrogens (tertiary/aromatic N) is 1. The number of carbonyl (C=O) groups excluding carboxylic acids is 2. The quantitative estimate of drug-likeness (QED) is 0.519. The number of nitrogens with one attached hydrogen (secondary N) is 1. The number of anilines is 1. The van der Waals surface area contributed by atoms with Crippen LogP contribution in [0.2, 0.25) is 5.02 Å². The molecule has 2 amide bonds. The molecule has 0 saturated carbocycles. The molecule has 1 N–H and O–H groups in total. The van der Waals surface area contributed by atoms with Gasteiger partial charge in [0.1, 0.15) is 11.5 Å². The Balaban J connectivity index is 1.66. The molecule has 0 fully saturated rings. The van der Waals surface area contributed by atoms with Gasteiger partial charge >= 0.3 is 0 Å². The van der Waals surface area contributed by atoms with Crippen LogP contribution in [-0.4, -0.2) is 23.3 Å². The lowest BCUT2D eigenvalue weighted by Gasteiger charge is -2.15. The molecule has 8 heteroatoms. The highest BCUT2D eigenvalue weighted by molar-refractivity contribution is 6.36. The van der Waals surface area contributed by atoms with Gasteiger partial charge in [-0.05, 0) is 53.9 Å². The Hall–Kier alpha value is -3.58. The summed E-state index contributed by atoms with van der Waals surface area (Å²) in [6.07, 6.45) is 0.324. The Labute approximate surface area is 186 Å². The first-order valence-electron chi connectivity index (χ1n) is 9.66. The SMILES string of the molecule is O=C1C(Nc2ccc(F)c(F)c2)=C(c2ccc(Cl)cc2)C(=O)N1CCc1ccc(F)cc1. The lowest BCUT2D eigenvalue weighted by atomic mass is 10.0. The molecule has 0 unspecified atom stereocenters. The number of hydrogen-bond donors (Lipinski definition) is 1. The molecule has 1 aliphatic rings. The molecule has 1 heterocycles. The van der Waals surface area contributed by atoms with Crippen molar-refractivity contribution < 1.29 is 22.8 Å². The van der Waals surface area contributed by atoms with Gasteiger partial charge in [-0.15, -0.1) is 0 Å². The van der Waals surface area contributed by atoms with E-state index in [1.54, 1.807) is 36.4 Å². The number of imide groups is 1. The van der Waals surface area contributed by atoms with E-state index in [9.17, 15) is 22.8 Å². The second kappa shape index (κ2) is 8.88. The highest BCUT2D eigenvalue weighted by Gasteiger charge is 2.39. The van der Waals surface area contributed by atoms with Crippen LogP contribution < -0.4 is 5.32 Å². The number of amides is 2. The lowest BCUT2D eigenvalue weighted by molar-refractivity contribution is -0.136. The largest absolute Gasteiger partial charge is 0.350 e. The molecular formula is C24H16ClF3N2O2. The van der Waals surface area contributed by atoms with Crippen molar-refractivity contribution >= 4 is 34.7 Å². The maximum atomic E-state index is 13.7. The minimum Gasteiger partial charge on any atom is -0.350 e. The fourth-order valence-corrected chi connectivity index (χ4v) is 3.52. The van der Waals surface area contributed by atoms with E-state index in [-0.39, 0.29) is 29.3 Å². The second-order valence-corrected chi connectivity index (χ2v) is 7.59. The fraction of sp³-hybridized carbons (Fsp3) is 0.0833. The number of rotatable bonds is 6. The normalized spacial score (nSPS) is 13.8. The molecule has 1 aliphatic heterocycles. The number of carbonyl (C=O) groups is 2. The molecule has 0 aromatic heterocycles. The molecule has 0 radical (unpaired) electrons. The van der Waals surface area contributed by atoms with Crippen LogP contribution in [0, 0.1) is 17.5 Å². The summed E-state index contributed by atoms with van der Waals surface area (Å²) in [6.45, 7) is 0.0589. The van der Waals surface area contributed by atoms with Gasteiger partial charge in [0.2, 0.25) is 0 Å². The summed E-state index contributed by atoms with van der Waals surface area (Å²) < 4.78 is 40.1. The minimum atomic E-state index is -1.09. The van der Waals surface area contributed by atoms with Crippen molar-refractivity contribution in [2.24, 2.45) is 0 Å².